The van der Waals surface area contributed by atoms with Gasteiger partial charge in [-0.15, -0.1) is 0 Å². The molecule has 2 aromatic rings. The lowest BCUT2D eigenvalue weighted by atomic mass is 10.1. The van der Waals surface area contributed by atoms with Crippen LogP contribution in [0.1, 0.15) is 21.5 Å². The number of hydrogen-bond donors (Lipinski definition) is 1. The summed E-state index contributed by atoms with van der Waals surface area (Å²) in [4.78, 5) is 13.7. The summed E-state index contributed by atoms with van der Waals surface area (Å²) in [5.41, 5.74) is 3.08. The minimum atomic E-state index is 0.576. The first-order valence-corrected chi connectivity index (χ1v) is 4.23. The maximum absolute atomic E-state index is 10.6. The zero-order chi connectivity index (χ0) is 10.1. The number of nitriles is 1. The van der Waals surface area contributed by atoms with Crippen LogP contribution in [0.15, 0.2) is 18.3 Å². The highest BCUT2D eigenvalue weighted by atomic mass is 16.1. The second kappa shape index (κ2) is 3.00. The molecule has 0 bridgehead atoms. The summed E-state index contributed by atoms with van der Waals surface area (Å²) in [5, 5.41) is 9.64. The van der Waals surface area contributed by atoms with E-state index in [4.69, 9.17) is 5.26 Å². The van der Waals surface area contributed by atoms with Gasteiger partial charge in [0, 0.05) is 22.7 Å². The number of aryl methyl sites for hydroxylation is 1. The molecular weight excluding hydrogens is 176 g/mol. The van der Waals surface area contributed by atoms with Crippen molar-refractivity contribution in [2.75, 3.05) is 0 Å². The first kappa shape index (κ1) is 8.52. The van der Waals surface area contributed by atoms with E-state index < -0.39 is 0 Å². The number of H-pyrrole nitrogens is 1. The number of carbonyl (C=O) groups is 1. The number of aldehydes is 1. The number of aromatic nitrogens is 1. The third kappa shape index (κ3) is 1.09. The zero-order valence-electron chi connectivity index (χ0n) is 7.66. The van der Waals surface area contributed by atoms with Gasteiger partial charge in [0.2, 0.25) is 0 Å². The molecule has 0 saturated carbocycles. The lowest BCUT2D eigenvalue weighted by Crippen LogP contribution is -1.83. The smallest absolute Gasteiger partial charge is 0.150 e. The Labute approximate surface area is 81.0 Å². The quantitative estimate of drug-likeness (QED) is 0.690. The van der Waals surface area contributed by atoms with Crippen molar-refractivity contribution in [3.63, 3.8) is 0 Å². The van der Waals surface area contributed by atoms with Crippen LogP contribution in [-0.4, -0.2) is 11.3 Å². The Morgan fingerprint density at radius 3 is 2.93 bits per heavy atom. The first-order valence-electron chi connectivity index (χ1n) is 4.23. The number of benzene rings is 1. The summed E-state index contributed by atoms with van der Waals surface area (Å²) >= 11 is 0. The Morgan fingerprint density at radius 2 is 2.29 bits per heavy atom. The molecule has 1 N–H and O–H groups in total. The monoisotopic (exact) mass is 184 g/mol. The molecule has 0 aliphatic carbocycles. The van der Waals surface area contributed by atoms with Crippen LogP contribution >= 0.6 is 0 Å². The van der Waals surface area contributed by atoms with Gasteiger partial charge in [-0.05, 0) is 24.6 Å². The van der Waals surface area contributed by atoms with Crippen LogP contribution in [0, 0.1) is 18.3 Å². The van der Waals surface area contributed by atoms with Crippen molar-refractivity contribution >= 4 is 17.2 Å². The van der Waals surface area contributed by atoms with Gasteiger partial charge >= 0.3 is 0 Å². The number of carbonyl (C=O) groups excluding carboxylic acids is 1. The van der Waals surface area contributed by atoms with Crippen molar-refractivity contribution in [1.29, 1.82) is 5.26 Å². The maximum atomic E-state index is 10.6. The van der Waals surface area contributed by atoms with Gasteiger partial charge in [-0.25, -0.2) is 0 Å². The molecule has 3 heteroatoms. The highest BCUT2D eigenvalue weighted by Gasteiger charge is 2.06. The molecule has 0 amide bonds. The average molecular weight is 184 g/mol. The van der Waals surface area contributed by atoms with Crippen LogP contribution in [0.25, 0.3) is 10.9 Å². The molecule has 0 saturated heterocycles. The van der Waals surface area contributed by atoms with Crippen LogP contribution in [0.2, 0.25) is 0 Å². The topological polar surface area (TPSA) is 56.6 Å². The molecular formula is C11H8N2O. The Morgan fingerprint density at radius 1 is 1.50 bits per heavy atom. The second-order valence-corrected chi connectivity index (χ2v) is 3.19. The summed E-state index contributed by atoms with van der Waals surface area (Å²) in [5.74, 6) is 0. The molecule has 0 atom stereocenters. The largest absolute Gasteiger partial charge is 0.360 e. The highest BCUT2D eigenvalue weighted by molar-refractivity contribution is 5.93. The number of hydrogen-bond acceptors (Lipinski definition) is 2. The summed E-state index contributed by atoms with van der Waals surface area (Å²) in [6.45, 7) is 1.91. The van der Waals surface area contributed by atoms with Crippen molar-refractivity contribution in [3.8, 4) is 6.07 Å². The molecule has 1 aromatic carbocycles. The SMILES string of the molecule is Cc1cc(C=O)cc2c(C#N)c[nH]c12. The van der Waals surface area contributed by atoms with E-state index in [2.05, 4.69) is 11.1 Å². The Bertz CT molecular complexity index is 546. The minimum absolute atomic E-state index is 0.576. The third-order valence-electron chi connectivity index (χ3n) is 2.27. The molecule has 14 heavy (non-hydrogen) atoms. The van der Waals surface area contributed by atoms with E-state index in [0.717, 1.165) is 22.8 Å². The van der Waals surface area contributed by atoms with Gasteiger partial charge < -0.3 is 4.98 Å². The van der Waals surface area contributed by atoms with Crippen molar-refractivity contribution < 1.29 is 4.79 Å². The molecule has 0 spiro atoms. The minimum Gasteiger partial charge on any atom is -0.360 e. The fraction of sp³-hybridized carbons (Fsp3) is 0.0909. The summed E-state index contributed by atoms with van der Waals surface area (Å²) in [7, 11) is 0. The molecule has 0 aliphatic heterocycles. The maximum Gasteiger partial charge on any atom is 0.150 e. The van der Waals surface area contributed by atoms with Gasteiger partial charge in [-0.3, -0.25) is 4.79 Å². The van der Waals surface area contributed by atoms with E-state index >= 15 is 0 Å². The predicted octanol–water partition coefficient (Wildman–Crippen LogP) is 2.16. The van der Waals surface area contributed by atoms with E-state index in [1.807, 2.05) is 6.92 Å². The number of aromatic amines is 1. The van der Waals surface area contributed by atoms with Crippen LogP contribution in [0.4, 0.5) is 0 Å². The second-order valence-electron chi connectivity index (χ2n) is 3.19. The van der Waals surface area contributed by atoms with Crippen molar-refractivity contribution in [3.05, 3.63) is 35.0 Å². The van der Waals surface area contributed by atoms with E-state index in [0.29, 0.717) is 11.1 Å². The molecule has 3 nitrogen and oxygen atoms in total. The van der Waals surface area contributed by atoms with Crippen molar-refractivity contribution in [1.82, 2.24) is 4.98 Å². The van der Waals surface area contributed by atoms with Crippen LogP contribution < -0.4 is 0 Å². The molecule has 0 unspecified atom stereocenters. The third-order valence-corrected chi connectivity index (χ3v) is 2.27. The van der Waals surface area contributed by atoms with Crippen LogP contribution in [0.3, 0.4) is 0 Å². The first-order chi connectivity index (χ1) is 6.76. The standard InChI is InChI=1S/C11H8N2O/c1-7-2-8(6-14)3-10-9(4-12)5-13-11(7)10/h2-3,5-6,13H,1H3. The summed E-state index contributed by atoms with van der Waals surface area (Å²) in [6, 6.07) is 5.61. The molecule has 0 aliphatic rings. The predicted molar refractivity (Wildman–Crippen MR) is 53.1 cm³/mol. The Balaban J connectivity index is 2.88. The molecule has 2 rings (SSSR count). The molecule has 1 aromatic heterocycles. The lowest BCUT2D eigenvalue weighted by Gasteiger charge is -1.97. The highest BCUT2D eigenvalue weighted by Crippen LogP contribution is 2.22. The van der Waals surface area contributed by atoms with Gasteiger partial charge in [0.15, 0.2) is 0 Å². The molecule has 0 radical (unpaired) electrons. The van der Waals surface area contributed by atoms with Crippen LogP contribution in [-0.2, 0) is 0 Å². The average Bonchev–Trinajstić information content (AvgIpc) is 2.61. The zero-order valence-corrected chi connectivity index (χ0v) is 7.66. The van der Waals surface area contributed by atoms with E-state index in [1.165, 1.54) is 0 Å². The summed E-state index contributed by atoms with van der Waals surface area (Å²) < 4.78 is 0. The van der Waals surface area contributed by atoms with E-state index in [9.17, 15) is 4.79 Å². The fourth-order valence-corrected chi connectivity index (χ4v) is 1.60. The van der Waals surface area contributed by atoms with Crippen LogP contribution in [0.5, 0.6) is 0 Å². The molecule has 68 valence electrons. The van der Waals surface area contributed by atoms with Crippen molar-refractivity contribution in [2.45, 2.75) is 6.92 Å². The number of nitrogens with zero attached hydrogens (tertiary/aromatic N) is 1. The van der Waals surface area contributed by atoms with Gasteiger partial charge in [-0.1, -0.05) is 0 Å². The Kier molecular flexibility index (Phi) is 1.83. The number of rotatable bonds is 1. The normalized spacial score (nSPS) is 10.0. The van der Waals surface area contributed by atoms with E-state index in [-0.39, 0.29) is 0 Å². The number of fused-ring (bicyclic) bond motifs is 1. The summed E-state index contributed by atoms with van der Waals surface area (Å²) in [6.07, 6.45) is 2.45. The van der Waals surface area contributed by atoms with Crippen molar-refractivity contribution in [2.24, 2.45) is 0 Å². The van der Waals surface area contributed by atoms with Gasteiger partial charge in [-0.2, -0.15) is 5.26 Å². The van der Waals surface area contributed by atoms with Gasteiger partial charge in [0.1, 0.15) is 12.4 Å². The lowest BCUT2D eigenvalue weighted by molar-refractivity contribution is 0.112. The Hall–Kier alpha value is -2.08. The van der Waals surface area contributed by atoms with E-state index in [1.54, 1.807) is 18.3 Å². The molecule has 0 fully saturated rings. The van der Waals surface area contributed by atoms with Gasteiger partial charge in [0.05, 0.1) is 5.56 Å². The number of nitrogens with one attached hydrogen (secondary N) is 1. The van der Waals surface area contributed by atoms with Gasteiger partial charge in [0.25, 0.3) is 0 Å². The molecule has 1 heterocycles. The fourth-order valence-electron chi connectivity index (χ4n) is 1.60.